The van der Waals surface area contributed by atoms with Gasteiger partial charge in [0.1, 0.15) is 16.7 Å². The molecule has 3 aromatic carbocycles. The van der Waals surface area contributed by atoms with Crippen LogP contribution in [0.5, 0.6) is 17.6 Å². The Hall–Kier alpha value is -10.7. The normalized spacial score (nSPS) is 17.7. The third-order valence-electron chi connectivity index (χ3n) is 19.4. The molecule has 0 saturated carbocycles. The molecule has 3 saturated heterocycles. The smallest absolute Gasteiger partial charge is 0.313 e. The second-order valence-corrected chi connectivity index (χ2v) is 32.3. The number of nitrogens with two attached hydrogens (primary N) is 3. The second kappa shape index (κ2) is 37.3. The molecule has 3 fully saturated rings. The Kier molecular flexibility index (Phi) is 27.8. The van der Waals surface area contributed by atoms with E-state index in [0.29, 0.717) is 19.6 Å². The topological polar surface area (TPSA) is 392 Å². The van der Waals surface area contributed by atoms with Gasteiger partial charge in [0.05, 0.1) is 121 Å². The van der Waals surface area contributed by atoms with E-state index >= 15 is 0 Å². The highest BCUT2D eigenvalue weighted by molar-refractivity contribution is 7.19. The Bertz CT molecular complexity index is 4450. The van der Waals surface area contributed by atoms with Crippen LogP contribution in [0.1, 0.15) is 140 Å². The number of likely N-dealkylation sites (N-methyl/N-ethyl adjacent to an activating group) is 3. The van der Waals surface area contributed by atoms with E-state index in [0.717, 1.165) is 140 Å². The van der Waals surface area contributed by atoms with Crippen LogP contribution in [0.2, 0.25) is 0 Å². The Morgan fingerprint density at radius 3 is 0.910 bits per heavy atom. The average Bonchev–Trinajstić information content (AvgIpc) is 1.78. The van der Waals surface area contributed by atoms with Crippen LogP contribution >= 0.6 is 34.0 Å². The molecule has 9 heterocycles. The number of nitrogens with zero attached hydrogens (tertiary/aromatic N) is 12. The van der Waals surface area contributed by atoms with Gasteiger partial charge in [0, 0.05) is 58.5 Å². The summed E-state index contributed by atoms with van der Waals surface area (Å²) in [7, 11) is 16.3. The number of carbonyl (C=O) groups excluding carboxylic acids is 9. The number of amides is 9. The number of rotatable bonds is 21. The molecule has 3 aliphatic rings. The fourth-order valence-electron chi connectivity index (χ4n) is 13.6. The first-order valence-corrected chi connectivity index (χ1v) is 38.9. The maximum Gasteiger partial charge on any atom is 0.313 e. The summed E-state index contributed by atoms with van der Waals surface area (Å²) in [6, 6.07) is 21.7. The van der Waals surface area contributed by atoms with Crippen LogP contribution in [0.15, 0.2) is 91.4 Å². The number of aromatic nitrogens is 6. The molecule has 0 unspecified atom stereocenters. The van der Waals surface area contributed by atoms with Gasteiger partial charge in [0.15, 0.2) is 0 Å². The van der Waals surface area contributed by atoms with Gasteiger partial charge in [-0.25, -0.2) is 29.9 Å². The summed E-state index contributed by atoms with van der Waals surface area (Å²) >= 11 is 5.05. The number of pyridine rings is 3. The fourth-order valence-corrected chi connectivity index (χ4v) is 16.4. The third-order valence-corrected chi connectivity index (χ3v) is 22.7. The zero-order valence-electron chi connectivity index (χ0n) is 64.5. The molecule has 3 aliphatic heterocycles. The van der Waals surface area contributed by atoms with Gasteiger partial charge in [-0.2, -0.15) is 0 Å². The highest BCUT2D eigenvalue weighted by atomic mass is 32.1. The Labute approximate surface area is 655 Å². The molecule has 0 radical (unpaired) electrons. The molecule has 33 heteroatoms. The van der Waals surface area contributed by atoms with E-state index in [1.54, 1.807) is 48.7 Å². The maximum atomic E-state index is 13.3. The van der Waals surface area contributed by atoms with Gasteiger partial charge in [-0.1, -0.05) is 39.0 Å². The molecule has 0 aliphatic carbocycles. The number of piperidine rings is 3. The van der Waals surface area contributed by atoms with Crippen LogP contribution in [-0.4, -0.2) is 215 Å². The van der Waals surface area contributed by atoms with E-state index in [-0.39, 0.29) is 87.3 Å². The molecule has 9 N–H and O–H groups in total. The summed E-state index contributed by atoms with van der Waals surface area (Å²) in [5, 5.41) is 10.9. The highest BCUT2D eigenvalue weighted by Gasteiger charge is 2.38. The number of methoxy groups -OCH3 is 3. The molecule has 9 aromatic rings. The van der Waals surface area contributed by atoms with Gasteiger partial charge in [-0.3, -0.25) is 43.2 Å². The molecule has 588 valence electrons. The van der Waals surface area contributed by atoms with Crippen molar-refractivity contribution in [2.24, 2.45) is 35.0 Å². The summed E-state index contributed by atoms with van der Waals surface area (Å²) in [4.78, 5) is 152. The van der Waals surface area contributed by atoms with Gasteiger partial charge >= 0.3 is 35.4 Å². The third kappa shape index (κ3) is 21.1. The molecule has 12 rings (SSSR count). The van der Waals surface area contributed by atoms with E-state index in [1.807, 2.05) is 78.7 Å². The lowest BCUT2D eigenvalue weighted by Gasteiger charge is -2.38. The van der Waals surface area contributed by atoms with Gasteiger partial charge in [0.2, 0.25) is 17.6 Å². The summed E-state index contributed by atoms with van der Waals surface area (Å²) in [6.07, 6.45) is 11.7. The van der Waals surface area contributed by atoms with Crippen molar-refractivity contribution in [2.45, 2.75) is 96.7 Å². The van der Waals surface area contributed by atoms with E-state index < -0.39 is 53.2 Å². The van der Waals surface area contributed by atoms with E-state index in [4.69, 9.17) is 46.4 Å². The zero-order valence-corrected chi connectivity index (χ0v) is 66.9. The second-order valence-electron chi connectivity index (χ2n) is 28.9. The van der Waals surface area contributed by atoms with Crippen LogP contribution in [0.3, 0.4) is 0 Å². The van der Waals surface area contributed by atoms with Crippen molar-refractivity contribution in [1.29, 1.82) is 0 Å². The van der Waals surface area contributed by atoms with Crippen molar-refractivity contribution < 1.29 is 57.4 Å². The minimum atomic E-state index is -0.804. The number of carbonyl (C=O) groups is 9. The fraction of sp³-hybridized carbons (Fsp3) is 0.423. The van der Waals surface area contributed by atoms with Crippen LogP contribution in [0, 0.1) is 17.8 Å². The van der Waals surface area contributed by atoms with Crippen molar-refractivity contribution in [1.82, 2.24) is 59.3 Å². The number of hydrogen-bond donors (Lipinski definition) is 6. The SMILES string of the molecule is COc1ncc(NC(=O)C(=O)N2C[C@@H](C)CC[C@@H]2c2ccc3sc(CCN(C)C)nc3c2)cc1C(N)=O.COc1ncc(NC(=O)C(=O)N2C[C@H](C)CC[C@H]2c2ccc3sc(CCN(C)C)nc3c2)cc1C(N)=O.COc1ncc(NC(=O)C(=O)N2C[C@H](C)CC[C@H]2c2ccc3sc(CCN(C)C)nc3c2)cc1C(N)=O. The molecule has 0 spiro atoms. The lowest BCUT2D eigenvalue weighted by atomic mass is 9.89. The Morgan fingerprint density at radius 1 is 0.414 bits per heavy atom. The molecule has 30 nitrogen and oxygen atoms in total. The van der Waals surface area contributed by atoms with E-state index in [1.165, 1.54) is 58.1 Å². The number of anilines is 3. The quantitative estimate of drug-likeness (QED) is 0.0367. The molecule has 9 amide bonds. The van der Waals surface area contributed by atoms with Crippen molar-refractivity contribution in [3.05, 3.63) is 140 Å². The van der Waals surface area contributed by atoms with Crippen molar-refractivity contribution >= 4 is 135 Å². The largest absolute Gasteiger partial charge is 0.480 e. The Balaban J connectivity index is 0.000000177. The summed E-state index contributed by atoms with van der Waals surface area (Å²) < 4.78 is 18.4. The standard InChI is InChI=1S/3C26H32N6O4S/c3*1-15-5-7-20(16-6-8-21-19(11-16)30-22(37-21)9-10-31(2)3)32(14-15)26(35)24(34)29-17-12-18(23(27)33)25(36-4)28-13-17/h3*6,8,11-13,15,20H,5,7,9-10,14H2,1-4H3,(H2,27,33)(H,29,34)/t3*15-,20+/m110/s1. The molecular weight excluding hydrogens is 1480 g/mol. The van der Waals surface area contributed by atoms with Gasteiger partial charge in [-0.05, 0) is 170 Å². The monoisotopic (exact) mass is 1570 g/mol. The van der Waals surface area contributed by atoms with Crippen molar-refractivity contribution in [2.75, 3.05) is 119 Å². The number of hydrogen-bond acceptors (Lipinski definition) is 24. The predicted molar refractivity (Wildman–Crippen MR) is 428 cm³/mol. The predicted octanol–water partition coefficient (Wildman–Crippen LogP) is 8.52. The summed E-state index contributed by atoms with van der Waals surface area (Å²) in [5.74, 6) is -5.66. The van der Waals surface area contributed by atoms with E-state index in [2.05, 4.69) is 84.6 Å². The first-order valence-electron chi connectivity index (χ1n) is 36.5. The zero-order chi connectivity index (χ0) is 80.1. The van der Waals surface area contributed by atoms with Gasteiger partial charge < -0.3 is 76.8 Å². The van der Waals surface area contributed by atoms with Gasteiger partial charge in [0.25, 0.3) is 17.7 Å². The summed E-state index contributed by atoms with van der Waals surface area (Å²) in [6.45, 7) is 10.4. The number of ether oxygens (including phenoxy) is 3. The van der Waals surface area contributed by atoms with Crippen LogP contribution in [0.25, 0.3) is 30.6 Å². The van der Waals surface area contributed by atoms with Crippen LogP contribution in [-0.2, 0) is 48.0 Å². The first-order chi connectivity index (χ1) is 53.0. The van der Waals surface area contributed by atoms with Crippen LogP contribution in [0.4, 0.5) is 17.1 Å². The minimum absolute atomic E-state index is 0.0127. The van der Waals surface area contributed by atoms with Crippen molar-refractivity contribution in [3.63, 3.8) is 0 Å². The number of primary amides is 3. The number of likely N-dealkylation sites (tertiary alicyclic amines) is 3. The molecular formula is C78H96N18O12S3. The number of benzene rings is 3. The van der Waals surface area contributed by atoms with Crippen LogP contribution < -0.4 is 47.4 Å². The lowest BCUT2D eigenvalue weighted by molar-refractivity contribution is -0.146. The highest BCUT2D eigenvalue weighted by Crippen LogP contribution is 2.40. The summed E-state index contributed by atoms with van der Waals surface area (Å²) in [5.41, 5.74) is 22.4. The molecule has 0 bridgehead atoms. The molecule has 6 aromatic heterocycles. The first kappa shape index (κ1) is 82.8. The van der Waals surface area contributed by atoms with E-state index in [9.17, 15) is 43.2 Å². The maximum absolute atomic E-state index is 13.3. The lowest BCUT2D eigenvalue weighted by Crippen LogP contribution is -2.46. The number of thiazole rings is 3. The molecule has 6 atom stereocenters. The minimum Gasteiger partial charge on any atom is -0.480 e. The van der Waals surface area contributed by atoms with Crippen molar-refractivity contribution in [3.8, 4) is 17.6 Å². The molecule has 111 heavy (non-hydrogen) atoms. The Morgan fingerprint density at radius 2 is 0.676 bits per heavy atom. The average molecular weight is 1570 g/mol. The van der Waals surface area contributed by atoms with Gasteiger partial charge in [-0.15, -0.1) is 34.0 Å². The number of fused-ring (bicyclic) bond motifs is 3. The number of nitrogens with one attached hydrogen (secondary N) is 3.